The summed E-state index contributed by atoms with van der Waals surface area (Å²) in [6, 6.07) is 8.45. The summed E-state index contributed by atoms with van der Waals surface area (Å²) in [7, 11) is 0. The van der Waals surface area contributed by atoms with Crippen LogP contribution >= 0.6 is 15.9 Å². The molecule has 9 heavy (non-hydrogen) atoms. The quantitative estimate of drug-likeness (QED) is 0.661. The van der Waals surface area contributed by atoms with Gasteiger partial charge in [0.2, 0.25) is 0 Å². The fourth-order valence-corrected chi connectivity index (χ4v) is 1.46. The summed E-state index contributed by atoms with van der Waals surface area (Å²) in [6.07, 6.45) is 0. The summed E-state index contributed by atoms with van der Waals surface area (Å²) in [5.41, 5.74) is 1.42. The summed E-state index contributed by atoms with van der Waals surface area (Å²) >= 11 is 5.13. The topological polar surface area (TPSA) is 0 Å². The van der Waals surface area contributed by atoms with Gasteiger partial charge in [0.1, 0.15) is 0 Å². The third-order valence-electron chi connectivity index (χ3n) is 1.15. The standard InChI is InChI=1S/C7H8AsBr/c8-5-6-1-3-7(9)4-2-6/h1-4H,5,8H2. The Kier molecular flexibility index (Phi) is 2.81. The molecule has 0 spiro atoms. The molecule has 0 aromatic heterocycles. The fraction of sp³-hybridized carbons (Fsp3) is 0.143. The first-order chi connectivity index (χ1) is 4.33. The van der Waals surface area contributed by atoms with Crippen LogP contribution in [-0.4, -0.2) is 16.9 Å². The second-order valence-corrected chi connectivity index (χ2v) is 3.60. The first kappa shape index (κ1) is 7.37. The van der Waals surface area contributed by atoms with Crippen LogP contribution in [0, 0.1) is 0 Å². The monoisotopic (exact) mass is 246 g/mol. The van der Waals surface area contributed by atoms with Gasteiger partial charge in [-0.3, -0.25) is 0 Å². The Morgan fingerprint density at radius 3 is 2.22 bits per heavy atom. The van der Waals surface area contributed by atoms with Crippen LogP contribution in [0.4, 0.5) is 0 Å². The molecule has 1 rings (SSSR count). The van der Waals surface area contributed by atoms with Crippen molar-refractivity contribution in [1.82, 2.24) is 0 Å². The van der Waals surface area contributed by atoms with E-state index in [1.807, 2.05) is 0 Å². The van der Waals surface area contributed by atoms with Crippen molar-refractivity contribution in [1.29, 1.82) is 0 Å². The molecule has 0 aliphatic carbocycles. The van der Waals surface area contributed by atoms with Gasteiger partial charge in [0, 0.05) is 0 Å². The number of hydrogen-bond donors (Lipinski definition) is 0. The van der Waals surface area contributed by atoms with Crippen molar-refractivity contribution in [3.05, 3.63) is 34.3 Å². The zero-order chi connectivity index (χ0) is 6.69. The summed E-state index contributed by atoms with van der Waals surface area (Å²) in [4.78, 5) is 0. The molecular formula is C7H8AsBr. The summed E-state index contributed by atoms with van der Waals surface area (Å²) in [5.74, 6) is 0. The maximum atomic E-state index is 3.38. The van der Waals surface area contributed by atoms with Crippen molar-refractivity contribution in [2.45, 2.75) is 5.21 Å². The van der Waals surface area contributed by atoms with Crippen molar-refractivity contribution in [3.8, 4) is 0 Å². The van der Waals surface area contributed by atoms with Crippen molar-refractivity contribution in [3.63, 3.8) is 0 Å². The molecule has 0 nitrogen and oxygen atoms in total. The maximum absolute atomic E-state index is 3.38. The van der Waals surface area contributed by atoms with Crippen LogP contribution < -0.4 is 0 Å². The average molecular weight is 247 g/mol. The molecule has 1 atom stereocenters. The van der Waals surface area contributed by atoms with E-state index in [-0.39, 0.29) is 0 Å². The SMILES string of the molecule is [AsH2]Cc1ccc(Br)cc1. The van der Waals surface area contributed by atoms with E-state index in [1.54, 1.807) is 16.9 Å². The predicted octanol–water partition coefficient (Wildman–Crippen LogP) is 1.58. The molecule has 0 saturated carbocycles. The molecular weight excluding hydrogens is 239 g/mol. The van der Waals surface area contributed by atoms with Crippen LogP contribution in [-0.2, 0) is 5.21 Å². The Labute approximate surface area is 72.3 Å². The average Bonchev–Trinajstić information content (AvgIpc) is 1.90. The van der Waals surface area contributed by atoms with Gasteiger partial charge >= 0.3 is 72.3 Å². The van der Waals surface area contributed by atoms with Gasteiger partial charge in [0.05, 0.1) is 0 Å². The minimum absolute atomic E-state index is 1.16. The molecule has 2 heteroatoms. The first-order valence-corrected chi connectivity index (χ1v) is 5.28. The van der Waals surface area contributed by atoms with Gasteiger partial charge in [0.25, 0.3) is 0 Å². The van der Waals surface area contributed by atoms with E-state index < -0.39 is 0 Å². The number of benzene rings is 1. The molecule has 1 unspecified atom stereocenters. The summed E-state index contributed by atoms with van der Waals surface area (Å²) in [6.45, 7) is 0. The first-order valence-electron chi connectivity index (χ1n) is 2.77. The van der Waals surface area contributed by atoms with Gasteiger partial charge in [-0.2, -0.15) is 0 Å². The molecule has 0 aliphatic heterocycles. The molecule has 0 amide bonds. The molecule has 1 aromatic carbocycles. The van der Waals surface area contributed by atoms with Gasteiger partial charge in [-0.1, -0.05) is 0 Å². The molecule has 0 fully saturated rings. The third kappa shape index (κ3) is 2.15. The predicted molar refractivity (Wildman–Crippen MR) is 46.4 cm³/mol. The van der Waals surface area contributed by atoms with Crippen molar-refractivity contribution >= 4 is 32.8 Å². The van der Waals surface area contributed by atoms with Crippen LogP contribution in [0.15, 0.2) is 28.7 Å². The van der Waals surface area contributed by atoms with Gasteiger partial charge < -0.3 is 0 Å². The number of halogens is 1. The minimum atomic E-state index is 1.16. The second-order valence-electron chi connectivity index (χ2n) is 1.83. The Hall–Kier alpha value is 0.258. The third-order valence-corrected chi connectivity index (χ3v) is 2.67. The van der Waals surface area contributed by atoms with Gasteiger partial charge in [0.15, 0.2) is 0 Å². The van der Waals surface area contributed by atoms with Crippen LogP contribution in [0.1, 0.15) is 5.56 Å². The normalized spacial score (nSPS) is 9.56. The van der Waals surface area contributed by atoms with E-state index in [0.717, 1.165) is 4.47 Å². The van der Waals surface area contributed by atoms with E-state index in [2.05, 4.69) is 40.2 Å². The molecule has 0 aliphatic rings. The van der Waals surface area contributed by atoms with Crippen LogP contribution in [0.5, 0.6) is 0 Å². The number of hydrogen-bond acceptors (Lipinski definition) is 0. The van der Waals surface area contributed by atoms with E-state index in [9.17, 15) is 0 Å². The Bertz CT molecular complexity index is 181. The van der Waals surface area contributed by atoms with E-state index in [1.165, 1.54) is 10.8 Å². The van der Waals surface area contributed by atoms with Gasteiger partial charge in [-0.05, 0) is 0 Å². The van der Waals surface area contributed by atoms with Crippen LogP contribution in [0.2, 0.25) is 0 Å². The molecule has 1 aromatic rings. The molecule has 0 radical (unpaired) electrons. The summed E-state index contributed by atoms with van der Waals surface area (Å²) < 4.78 is 1.16. The van der Waals surface area contributed by atoms with E-state index in [0.29, 0.717) is 0 Å². The fourth-order valence-electron chi connectivity index (χ4n) is 0.620. The van der Waals surface area contributed by atoms with Gasteiger partial charge in [-0.15, -0.1) is 0 Å². The summed E-state index contributed by atoms with van der Waals surface area (Å²) in [5, 5.41) is 1.18. The van der Waals surface area contributed by atoms with Crippen molar-refractivity contribution in [2.24, 2.45) is 0 Å². The Morgan fingerprint density at radius 2 is 1.78 bits per heavy atom. The molecule has 0 N–H and O–H groups in total. The zero-order valence-electron chi connectivity index (χ0n) is 4.97. The molecule has 48 valence electrons. The van der Waals surface area contributed by atoms with Crippen molar-refractivity contribution < 1.29 is 0 Å². The number of rotatable bonds is 1. The van der Waals surface area contributed by atoms with Gasteiger partial charge in [-0.25, -0.2) is 0 Å². The van der Waals surface area contributed by atoms with Crippen molar-refractivity contribution in [2.75, 3.05) is 0 Å². The molecule has 0 heterocycles. The second kappa shape index (κ2) is 3.43. The molecule has 0 saturated heterocycles. The Balaban J connectivity index is 2.88. The van der Waals surface area contributed by atoms with E-state index >= 15 is 0 Å². The van der Waals surface area contributed by atoms with Crippen LogP contribution in [0.3, 0.4) is 0 Å². The van der Waals surface area contributed by atoms with E-state index in [4.69, 9.17) is 0 Å². The molecule has 0 bridgehead atoms. The van der Waals surface area contributed by atoms with Crippen LogP contribution in [0.25, 0.3) is 0 Å². The Morgan fingerprint density at radius 1 is 1.22 bits per heavy atom. The zero-order valence-corrected chi connectivity index (χ0v) is 8.98.